The molecule has 0 bridgehead atoms. The number of nitrogens with one attached hydrogen (secondary N) is 2. The molecule has 2 heterocycles. The zero-order valence-corrected chi connectivity index (χ0v) is 22.1. The van der Waals surface area contributed by atoms with Gasteiger partial charge in [-0.3, -0.25) is 4.79 Å². The lowest BCUT2D eigenvalue weighted by atomic mass is 9.87. The van der Waals surface area contributed by atoms with Crippen LogP contribution in [0.15, 0.2) is 47.4 Å². The van der Waals surface area contributed by atoms with Crippen LogP contribution in [0.2, 0.25) is 0 Å². The van der Waals surface area contributed by atoms with Gasteiger partial charge in [0.05, 0.1) is 18.2 Å². The number of fused-ring (bicyclic) bond motifs is 1. The number of hydrogen-bond donors (Lipinski definition) is 3. The maximum atomic E-state index is 12.0. The number of amides is 1. The van der Waals surface area contributed by atoms with Gasteiger partial charge in [0, 0.05) is 48.7 Å². The predicted octanol–water partition coefficient (Wildman–Crippen LogP) is 4.26. The van der Waals surface area contributed by atoms with Crippen molar-refractivity contribution in [2.75, 3.05) is 11.4 Å². The first-order valence-electron chi connectivity index (χ1n) is 12.9. The van der Waals surface area contributed by atoms with Crippen molar-refractivity contribution in [1.29, 1.82) is 0 Å². The molecule has 194 valence electrons. The highest BCUT2D eigenvalue weighted by molar-refractivity contribution is 7.10. The van der Waals surface area contributed by atoms with Gasteiger partial charge in [-0.25, -0.2) is 4.79 Å². The summed E-state index contributed by atoms with van der Waals surface area (Å²) in [6.45, 7) is 8.12. The van der Waals surface area contributed by atoms with Crippen molar-refractivity contribution in [2.24, 2.45) is 0 Å². The van der Waals surface area contributed by atoms with E-state index in [-0.39, 0.29) is 24.1 Å². The van der Waals surface area contributed by atoms with E-state index in [0.717, 1.165) is 37.9 Å². The van der Waals surface area contributed by atoms with Crippen molar-refractivity contribution in [2.45, 2.75) is 83.8 Å². The van der Waals surface area contributed by atoms with Gasteiger partial charge >= 0.3 is 5.97 Å². The van der Waals surface area contributed by atoms with Crippen LogP contribution < -0.4 is 15.5 Å². The summed E-state index contributed by atoms with van der Waals surface area (Å²) in [5.74, 6) is -1.10. The third-order valence-corrected chi connectivity index (χ3v) is 8.20. The monoisotopic (exact) mass is 511 g/mol. The number of benzene rings is 1. The fourth-order valence-electron chi connectivity index (χ4n) is 5.11. The number of carbonyl (C=O) groups is 2. The van der Waals surface area contributed by atoms with Crippen molar-refractivity contribution in [1.82, 2.24) is 10.6 Å². The average Bonchev–Trinajstić information content (AvgIpc) is 3.35. The number of ether oxygens (including phenoxy) is 1. The van der Waals surface area contributed by atoms with Crippen LogP contribution in [-0.4, -0.2) is 47.8 Å². The van der Waals surface area contributed by atoms with Gasteiger partial charge in [0.25, 0.3) is 0 Å². The van der Waals surface area contributed by atoms with E-state index in [1.165, 1.54) is 23.1 Å². The first-order valence-corrected chi connectivity index (χ1v) is 13.7. The van der Waals surface area contributed by atoms with Gasteiger partial charge in [-0.15, -0.1) is 11.3 Å². The Bertz CT molecular complexity index is 1080. The highest BCUT2D eigenvalue weighted by atomic mass is 32.1. The first-order chi connectivity index (χ1) is 17.4. The molecule has 1 aromatic heterocycles. The molecule has 0 radical (unpaired) electrons. The number of rotatable bonds is 10. The fourth-order valence-corrected chi connectivity index (χ4v) is 6.00. The Morgan fingerprint density at radius 1 is 1.19 bits per heavy atom. The molecule has 1 amide bonds. The summed E-state index contributed by atoms with van der Waals surface area (Å²) in [7, 11) is 0. The summed E-state index contributed by atoms with van der Waals surface area (Å²) in [6.07, 6.45) is 4.23. The van der Waals surface area contributed by atoms with Crippen molar-refractivity contribution in [3.05, 3.63) is 63.4 Å². The Kier molecular flexibility index (Phi) is 8.82. The number of carboxylic acids is 1. The van der Waals surface area contributed by atoms with Crippen LogP contribution in [0, 0.1) is 0 Å². The van der Waals surface area contributed by atoms with Crippen molar-refractivity contribution >= 4 is 28.9 Å². The number of hydrogen-bond acceptors (Lipinski definition) is 6. The minimum Gasteiger partial charge on any atom is -0.478 e. The van der Waals surface area contributed by atoms with E-state index in [4.69, 9.17) is 4.74 Å². The Hall–Kier alpha value is -2.68. The van der Waals surface area contributed by atoms with Crippen LogP contribution >= 0.6 is 11.3 Å². The first kappa shape index (κ1) is 26.4. The van der Waals surface area contributed by atoms with Crippen LogP contribution in [-0.2, 0) is 33.8 Å². The van der Waals surface area contributed by atoms with E-state index >= 15 is 0 Å². The number of aliphatic carboxylic acids is 1. The van der Waals surface area contributed by atoms with Crippen LogP contribution in [0.4, 0.5) is 5.69 Å². The second kappa shape index (κ2) is 12.0. The fraction of sp³-hybridized carbons (Fsp3) is 0.500. The molecule has 0 fully saturated rings. The van der Waals surface area contributed by atoms with Gasteiger partial charge in [-0.05, 0) is 66.5 Å². The molecule has 1 aliphatic heterocycles. The predicted molar refractivity (Wildman–Crippen MR) is 143 cm³/mol. The number of thiophene rings is 1. The molecule has 2 aromatic rings. The Labute approximate surface area is 217 Å². The molecule has 3 atom stereocenters. The van der Waals surface area contributed by atoms with E-state index in [1.807, 2.05) is 11.3 Å². The summed E-state index contributed by atoms with van der Waals surface area (Å²) in [5, 5.41) is 18.4. The average molecular weight is 512 g/mol. The van der Waals surface area contributed by atoms with Gasteiger partial charge in [0.15, 0.2) is 0 Å². The van der Waals surface area contributed by atoms with E-state index < -0.39 is 12.1 Å². The molecule has 2 aliphatic rings. The molecule has 1 aromatic carbocycles. The molecule has 8 heteroatoms. The largest absolute Gasteiger partial charge is 0.478 e. The van der Waals surface area contributed by atoms with Crippen molar-refractivity contribution in [3.8, 4) is 0 Å². The lowest BCUT2D eigenvalue weighted by Crippen LogP contribution is -2.58. The second-order valence-corrected chi connectivity index (χ2v) is 10.7. The van der Waals surface area contributed by atoms with Gasteiger partial charge in [0.1, 0.15) is 0 Å². The minimum absolute atomic E-state index is 0.00351. The summed E-state index contributed by atoms with van der Waals surface area (Å²) in [6, 6.07) is 10.2. The summed E-state index contributed by atoms with van der Waals surface area (Å²) < 4.78 is 6.27. The Morgan fingerprint density at radius 2 is 1.94 bits per heavy atom. The topological polar surface area (TPSA) is 90.9 Å². The molecule has 0 unspecified atom stereocenters. The van der Waals surface area contributed by atoms with Gasteiger partial charge in [-0.1, -0.05) is 26.0 Å². The molecule has 0 saturated carbocycles. The molecule has 0 spiro atoms. The summed E-state index contributed by atoms with van der Waals surface area (Å²) in [5.41, 5.74) is 4.06. The molecular formula is C28H37N3O4S. The zero-order valence-electron chi connectivity index (χ0n) is 21.3. The summed E-state index contributed by atoms with van der Waals surface area (Å²) >= 11 is 1.85. The number of nitrogens with zero attached hydrogens (tertiary/aromatic N) is 1. The summed E-state index contributed by atoms with van der Waals surface area (Å²) in [4.78, 5) is 27.8. The van der Waals surface area contributed by atoms with Crippen LogP contribution in [0.5, 0.6) is 0 Å². The minimum atomic E-state index is -0.944. The SMILES string of the molecule is CCC(CC)O[C@@H]1C=C(C(=O)O)C[C@H](NCc2ccc(N3CCc4sccc4C3)cc2)[C@H]1NC(C)=O. The molecule has 36 heavy (non-hydrogen) atoms. The number of anilines is 1. The van der Waals surface area contributed by atoms with Crippen LogP contribution in [0.25, 0.3) is 0 Å². The normalized spacial score (nSPS) is 21.7. The zero-order chi connectivity index (χ0) is 25.7. The number of carbonyl (C=O) groups excluding carboxylic acids is 1. The van der Waals surface area contributed by atoms with E-state index in [9.17, 15) is 14.7 Å². The lowest BCUT2D eigenvalue weighted by Gasteiger charge is -2.38. The second-order valence-electron chi connectivity index (χ2n) is 9.66. The van der Waals surface area contributed by atoms with Gasteiger partial charge < -0.3 is 25.4 Å². The third kappa shape index (κ3) is 6.35. The van der Waals surface area contributed by atoms with Gasteiger partial charge in [0.2, 0.25) is 5.91 Å². The quantitative estimate of drug-likeness (QED) is 0.442. The molecular weight excluding hydrogens is 474 g/mol. The number of carboxylic acid groups (broad SMARTS) is 1. The van der Waals surface area contributed by atoms with Crippen molar-refractivity contribution in [3.63, 3.8) is 0 Å². The van der Waals surface area contributed by atoms with E-state index in [0.29, 0.717) is 18.5 Å². The standard InChI is InChI=1S/C28H37N3O4S/c1-4-23(5-2)35-25-15-21(28(33)34)14-24(27(25)30-18(3)32)29-16-19-6-8-22(9-7-19)31-12-10-26-20(17-31)11-13-36-26/h6-9,11,13,15,23-25,27,29H,4-5,10,12,14,16-17H2,1-3H3,(H,30,32)(H,33,34)/t24-,25+,27+/m0/s1. The Balaban J connectivity index is 1.44. The van der Waals surface area contributed by atoms with Gasteiger partial charge in [-0.2, -0.15) is 0 Å². The Morgan fingerprint density at radius 3 is 2.61 bits per heavy atom. The third-order valence-electron chi connectivity index (χ3n) is 7.18. The van der Waals surface area contributed by atoms with Crippen LogP contribution in [0.3, 0.4) is 0 Å². The smallest absolute Gasteiger partial charge is 0.331 e. The van der Waals surface area contributed by atoms with E-state index in [2.05, 4.69) is 65.1 Å². The molecule has 0 saturated heterocycles. The van der Waals surface area contributed by atoms with E-state index in [1.54, 1.807) is 6.08 Å². The van der Waals surface area contributed by atoms with Crippen LogP contribution in [0.1, 0.15) is 56.0 Å². The maximum absolute atomic E-state index is 12.0. The maximum Gasteiger partial charge on any atom is 0.331 e. The molecule has 4 rings (SSSR count). The highest BCUT2D eigenvalue weighted by Crippen LogP contribution is 2.28. The van der Waals surface area contributed by atoms with Crippen molar-refractivity contribution < 1.29 is 19.4 Å². The molecule has 7 nitrogen and oxygen atoms in total. The molecule has 3 N–H and O–H groups in total. The molecule has 1 aliphatic carbocycles. The highest BCUT2D eigenvalue weighted by Gasteiger charge is 2.37. The lowest BCUT2D eigenvalue weighted by molar-refractivity contribution is -0.133.